The fourth-order valence-electron chi connectivity index (χ4n) is 3.32. The Balaban J connectivity index is 1.55. The molecule has 134 valence electrons. The molecule has 1 aromatic heterocycles. The number of imidazole rings is 1. The molecule has 2 aromatic carbocycles. The highest BCUT2D eigenvalue weighted by Crippen LogP contribution is 2.27. The molecular weight excluding hydrogens is 346 g/mol. The van der Waals surface area contributed by atoms with Crippen LogP contribution in [-0.4, -0.2) is 18.0 Å². The van der Waals surface area contributed by atoms with E-state index in [0.29, 0.717) is 5.69 Å². The van der Waals surface area contributed by atoms with Gasteiger partial charge in [0.15, 0.2) is 0 Å². The van der Waals surface area contributed by atoms with Gasteiger partial charge < -0.3 is 4.57 Å². The molecule has 0 fully saturated rings. The summed E-state index contributed by atoms with van der Waals surface area (Å²) in [7, 11) is -3.58. The maximum Gasteiger partial charge on any atom is 0.261 e. The molecule has 0 spiro atoms. The molecule has 0 saturated carbocycles. The molecule has 6 heteroatoms. The molecule has 5 nitrogen and oxygen atoms in total. The lowest BCUT2D eigenvalue weighted by Gasteiger charge is -2.10. The van der Waals surface area contributed by atoms with Crippen molar-refractivity contribution in [2.75, 3.05) is 4.72 Å². The van der Waals surface area contributed by atoms with Crippen LogP contribution in [0.25, 0.3) is 11.3 Å². The van der Waals surface area contributed by atoms with E-state index in [1.54, 1.807) is 24.3 Å². The first kappa shape index (κ1) is 16.8. The summed E-state index contributed by atoms with van der Waals surface area (Å²) in [5.41, 5.74) is 3.79. The standard InChI is InChI=1S/C20H21N3O2S/c1-2-15-5-11-18(12-6-15)26(24,25)22-17-9-7-16(8-10-17)19-14-21-20-4-3-13-23(19)20/h5-12,14,22H,2-4,13H2,1H3. The summed E-state index contributed by atoms with van der Waals surface area (Å²) in [6, 6.07) is 14.4. The third kappa shape index (κ3) is 3.12. The number of hydrogen-bond acceptors (Lipinski definition) is 3. The average Bonchev–Trinajstić information content (AvgIpc) is 3.26. The number of hydrogen-bond donors (Lipinski definition) is 1. The number of nitrogens with one attached hydrogen (secondary N) is 1. The number of aromatic nitrogens is 2. The first-order valence-electron chi connectivity index (χ1n) is 8.83. The predicted octanol–water partition coefficient (Wildman–Crippen LogP) is 3.86. The Morgan fingerprint density at radius 3 is 2.50 bits per heavy atom. The van der Waals surface area contributed by atoms with Crippen LogP contribution in [0.15, 0.2) is 59.6 Å². The third-order valence-electron chi connectivity index (χ3n) is 4.80. The van der Waals surface area contributed by atoms with E-state index in [2.05, 4.69) is 14.3 Å². The van der Waals surface area contributed by atoms with Crippen LogP contribution < -0.4 is 4.72 Å². The molecule has 3 aromatic rings. The molecular formula is C20H21N3O2S. The van der Waals surface area contributed by atoms with Crippen LogP contribution in [0, 0.1) is 0 Å². The molecule has 0 unspecified atom stereocenters. The molecule has 2 heterocycles. The van der Waals surface area contributed by atoms with Gasteiger partial charge in [-0.15, -0.1) is 0 Å². The molecule has 0 amide bonds. The van der Waals surface area contributed by atoms with E-state index >= 15 is 0 Å². The number of benzene rings is 2. The summed E-state index contributed by atoms with van der Waals surface area (Å²) < 4.78 is 30.0. The molecule has 0 saturated heterocycles. The normalized spacial score (nSPS) is 13.6. The van der Waals surface area contributed by atoms with Gasteiger partial charge in [-0.25, -0.2) is 13.4 Å². The van der Waals surface area contributed by atoms with Gasteiger partial charge in [-0.2, -0.15) is 0 Å². The number of sulfonamides is 1. The van der Waals surface area contributed by atoms with Crippen molar-refractivity contribution >= 4 is 15.7 Å². The highest BCUT2D eigenvalue weighted by atomic mass is 32.2. The van der Waals surface area contributed by atoms with Gasteiger partial charge in [-0.05, 0) is 48.2 Å². The third-order valence-corrected chi connectivity index (χ3v) is 6.19. The highest BCUT2D eigenvalue weighted by Gasteiger charge is 2.17. The van der Waals surface area contributed by atoms with Gasteiger partial charge in [0, 0.05) is 18.7 Å². The van der Waals surface area contributed by atoms with Crippen molar-refractivity contribution < 1.29 is 8.42 Å². The summed E-state index contributed by atoms with van der Waals surface area (Å²) >= 11 is 0. The van der Waals surface area contributed by atoms with Crippen LogP contribution in [0.3, 0.4) is 0 Å². The summed E-state index contributed by atoms with van der Waals surface area (Å²) in [5.74, 6) is 1.13. The second-order valence-electron chi connectivity index (χ2n) is 6.50. The SMILES string of the molecule is CCc1ccc(S(=O)(=O)Nc2ccc(-c3cnc4n3CCC4)cc2)cc1. The predicted molar refractivity (Wildman–Crippen MR) is 103 cm³/mol. The molecule has 0 atom stereocenters. The number of nitrogens with zero attached hydrogens (tertiary/aromatic N) is 2. The minimum Gasteiger partial charge on any atom is -0.328 e. The van der Waals surface area contributed by atoms with Crippen LogP contribution in [-0.2, 0) is 29.4 Å². The largest absolute Gasteiger partial charge is 0.328 e. The maximum atomic E-state index is 12.5. The van der Waals surface area contributed by atoms with E-state index in [9.17, 15) is 8.42 Å². The van der Waals surface area contributed by atoms with Crippen molar-refractivity contribution in [3.05, 3.63) is 66.1 Å². The quantitative estimate of drug-likeness (QED) is 0.745. The fraction of sp³-hybridized carbons (Fsp3) is 0.250. The van der Waals surface area contributed by atoms with Crippen molar-refractivity contribution in [2.45, 2.75) is 37.6 Å². The second-order valence-corrected chi connectivity index (χ2v) is 8.18. The Hall–Kier alpha value is -2.60. The number of anilines is 1. The van der Waals surface area contributed by atoms with Crippen LogP contribution in [0.4, 0.5) is 5.69 Å². The van der Waals surface area contributed by atoms with Crippen LogP contribution in [0.1, 0.15) is 24.7 Å². The summed E-state index contributed by atoms with van der Waals surface area (Å²) in [6.07, 6.45) is 4.93. The molecule has 1 aliphatic rings. The van der Waals surface area contributed by atoms with Gasteiger partial charge in [0.2, 0.25) is 0 Å². The minimum absolute atomic E-state index is 0.271. The van der Waals surface area contributed by atoms with Gasteiger partial charge >= 0.3 is 0 Å². The zero-order valence-electron chi connectivity index (χ0n) is 14.6. The first-order valence-corrected chi connectivity index (χ1v) is 10.3. The number of rotatable bonds is 5. The van der Waals surface area contributed by atoms with Crippen molar-refractivity contribution in [1.82, 2.24) is 9.55 Å². The Labute approximate surface area is 153 Å². The lowest BCUT2D eigenvalue weighted by atomic mass is 10.1. The molecule has 0 aliphatic carbocycles. The van der Waals surface area contributed by atoms with Crippen molar-refractivity contribution in [3.8, 4) is 11.3 Å². The van der Waals surface area contributed by atoms with Gasteiger partial charge in [-0.3, -0.25) is 4.72 Å². The minimum atomic E-state index is -3.58. The monoisotopic (exact) mass is 367 g/mol. The summed E-state index contributed by atoms with van der Waals surface area (Å²) in [4.78, 5) is 4.73. The summed E-state index contributed by atoms with van der Waals surface area (Å²) in [5, 5.41) is 0. The zero-order valence-corrected chi connectivity index (χ0v) is 15.5. The fourth-order valence-corrected chi connectivity index (χ4v) is 4.37. The van der Waals surface area contributed by atoms with Gasteiger partial charge in [0.1, 0.15) is 5.82 Å². The number of fused-ring (bicyclic) bond motifs is 1. The van der Waals surface area contributed by atoms with Crippen LogP contribution in [0.5, 0.6) is 0 Å². The number of aryl methyl sites for hydroxylation is 2. The van der Waals surface area contributed by atoms with Crippen molar-refractivity contribution in [1.29, 1.82) is 0 Å². The Kier molecular flexibility index (Phi) is 4.28. The molecule has 1 aliphatic heterocycles. The van der Waals surface area contributed by atoms with E-state index in [0.717, 1.165) is 48.5 Å². The van der Waals surface area contributed by atoms with E-state index in [4.69, 9.17) is 0 Å². The smallest absolute Gasteiger partial charge is 0.261 e. The van der Waals surface area contributed by atoms with Crippen LogP contribution >= 0.6 is 0 Å². The molecule has 0 bridgehead atoms. The Morgan fingerprint density at radius 2 is 1.81 bits per heavy atom. The van der Waals surface area contributed by atoms with E-state index in [1.807, 2.05) is 37.4 Å². The first-order chi connectivity index (χ1) is 12.6. The lowest BCUT2D eigenvalue weighted by Crippen LogP contribution is -2.12. The molecule has 26 heavy (non-hydrogen) atoms. The van der Waals surface area contributed by atoms with Crippen molar-refractivity contribution in [3.63, 3.8) is 0 Å². The van der Waals surface area contributed by atoms with Crippen molar-refractivity contribution in [2.24, 2.45) is 0 Å². The topological polar surface area (TPSA) is 64.0 Å². The molecule has 4 rings (SSSR count). The zero-order chi connectivity index (χ0) is 18.1. The second kappa shape index (κ2) is 6.61. The lowest BCUT2D eigenvalue weighted by molar-refractivity contribution is 0.601. The average molecular weight is 367 g/mol. The van der Waals surface area contributed by atoms with E-state index in [1.165, 1.54) is 0 Å². The Bertz CT molecular complexity index is 1020. The molecule has 0 radical (unpaired) electrons. The maximum absolute atomic E-state index is 12.5. The van der Waals surface area contributed by atoms with E-state index < -0.39 is 10.0 Å². The Morgan fingerprint density at radius 1 is 1.08 bits per heavy atom. The van der Waals surface area contributed by atoms with E-state index in [-0.39, 0.29) is 4.90 Å². The van der Waals surface area contributed by atoms with Crippen LogP contribution in [0.2, 0.25) is 0 Å². The molecule has 1 N–H and O–H groups in total. The van der Waals surface area contributed by atoms with Gasteiger partial charge in [-0.1, -0.05) is 31.2 Å². The summed E-state index contributed by atoms with van der Waals surface area (Å²) in [6.45, 7) is 3.03. The van der Waals surface area contributed by atoms with Gasteiger partial charge in [0.05, 0.1) is 16.8 Å². The van der Waals surface area contributed by atoms with Gasteiger partial charge in [0.25, 0.3) is 10.0 Å². The highest BCUT2D eigenvalue weighted by molar-refractivity contribution is 7.92.